The van der Waals surface area contributed by atoms with Crippen molar-refractivity contribution in [2.75, 3.05) is 0 Å². The topological polar surface area (TPSA) is 38.7 Å². The first-order valence-electron chi connectivity index (χ1n) is 15.9. The maximum absolute atomic E-state index is 4.99. The normalized spacial score (nSPS) is 11.8. The first-order valence-corrected chi connectivity index (χ1v) is 17.6. The zero-order valence-corrected chi connectivity index (χ0v) is 27.2. The van der Waals surface area contributed by atoms with Crippen LogP contribution in [0.2, 0.25) is 0 Å². The highest BCUT2D eigenvalue weighted by Crippen LogP contribution is 2.46. The molecule has 3 nitrogen and oxygen atoms in total. The molecule has 10 rings (SSSR count). The Morgan fingerprint density at radius 2 is 0.792 bits per heavy atom. The molecule has 0 fully saturated rings. The molecule has 0 amide bonds. The zero-order chi connectivity index (χ0) is 31.6. The van der Waals surface area contributed by atoms with Gasteiger partial charge in [-0.3, -0.25) is 4.98 Å². The third-order valence-electron chi connectivity index (χ3n) is 9.19. The number of nitrogens with zero attached hydrogens (tertiary/aromatic N) is 3. The molecule has 3 heterocycles. The highest BCUT2D eigenvalue weighted by Gasteiger charge is 2.20. The van der Waals surface area contributed by atoms with E-state index in [2.05, 4.69) is 140 Å². The van der Waals surface area contributed by atoms with Gasteiger partial charge in [0.15, 0.2) is 0 Å². The van der Waals surface area contributed by atoms with E-state index in [1.807, 2.05) is 12.1 Å². The fourth-order valence-electron chi connectivity index (χ4n) is 6.96. The summed E-state index contributed by atoms with van der Waals surface area (Å²) in [6, 6.07) is 51.8. The second-order valence-corrected chi connectivity index (χ2v) is 14.0. The Balaban J connectivity index is 1.18. The Hall–Kier alpha value is -5.75. The molecule has 0 aliphatic rings. The average Bonchev–Trinajstić information content (AvgIpc) is 3.79. The average molecular weight is 648 g/mol. The second kappa shape index (κ2) is 10.9. The molecule has 10 aromatic rings. The number of rotatable bonds is 4. The lowest BCUT2D eigenvalue weighted by molar-refractivity contribution is 1.44. The van der Waals surface area contributed by atoms with Gasteiger partial charge in [-0.2, -0.15) is 0 Å². The number of fused-ring (bicyclic) bond motifs is 6. The molecule has 0 saturated heterocycles. The Bertz CT molecular complexity index is 2760. The van der Waals surface area contributed by atoms with E-state index in [4.69, 9.17) is 15.0 Å². The highest BCUT2D eigenvalue weighted by atomic mass is 32.1. The number of pyridine rings is 1. The molecule has 48 heavy (non-hydrogen) atoms. The molecule has 0 bridgehead atoms. The van der Waals surface area contributed by atoms with Gasteiger partial charge in [0, 0.05) is 33.5 Å². The SMILES string of the molecule is c1ccc2sc(-c3ccc(-c4c5ccccc5c(-c5ccc(-c6nc7ccccc7s6)cc5)c5c4cnc4ccccc45)cc3)nc2c1. The van der Waals surface area contributed by atoms with E-state index in [0.29, 0.717) is 0 Å². The summed E-state index contributed by atoms with van der Waals surface area (Å²) in [6.07, 6.45) is 2.07. The van der Waals surface area contributed by atoms with Crippen molar-refractivity contribution in [3.63, 3.8) is 0 Å². The fraction of sp³-hybridized carbons (Fsp3) is 0. The largest absolute Gasteiger partial charge is 0.256 e. The van der Waals surface area contributed by atoms with Gasteiger partial charge in [-0.15, -0.1) is 22.7 Å². The van der Waals surface area contributed by atoms with Crippen LogP contribution in [0.15, 0.2) is 152 Å². The Morgan fingerprint density at radius 1 is 0.354 bits per heavy atom. The molecule has 0 aliphatic carbocycles. The van der Waals surface area contributed by atoms with Gasteiger partial charge in [-0.25, -0.2) is 9.97 Å². The Morgan fingerprint density at radius 3 is 1.35 bits per heavy atom. The molecular weight excluding hydrogens is 623 g/mol. The van der Waals surface area contributed by atoms with Crippen LogP contribution in [-0.4, -0.2) is 15.0 Å². The van der Waals surface area contributed by atoms with Crippen molar-refractivity contribution >= 4 is 75.6 Å². The molecule has 0 unspecified atom stereocenters. The molecular formula is C43H25N3S2. The van der Waals surface area contributed by atoms with E-state index in [0.717, 1.165) is 54.0 Å². The molecule has 224 valence electrons. The summed E-state index contributed by atoms with van der Waals surface area (Å²) >= 11 is 3.47. The molecule has 0 spiro atoms. The van der Waals surface area contributed by atoms with Gasteiger partial charge in [0.1, 0.15) is 10.0 Å². The van der Waals surface area contributed by atoms with Gasteiger partial charge in [-0.05, 0) is 63.4 Å². The van der Waals surface area contributed by atoms with Crippen molar-refractivity contribution in [1.82, 2.24) is 15.0 Å². The Kier molecular flexibility index (Phi) is 6.22. The van der Waals surface area contributed by atoms with Crippen molar-refractivity contribution in [1.29, 1.82) is 0 Å². The lowest BCUT2D eigenvalue weighted by Crippen LogP contribution is -1.93. The minimum absolute atomic E-state index is 0.991. The molecule has 0 aliphatic heterocycles. The van der Waals surface area contributed by atoms with Crippen molar-refractivity contribution in [3.8, 4) is 43.4 Å². The van der Waals surface area contributed by atoms with Crippen LogP contribution in [0.3, 0.4) is 0 Å². The number of hydrogen-bond donors (Lipinski definition) is 0. The lowest BCUT2D eigenvalue weighted by Gasteiger charge is -2.19. The minimum atomic E-state index is 0.991. The smallest absolute Gasteiger partial charge is 0.124 e. The summed E-state index contributed by atoms with van der Waals surface area (Å²) in [5.74, 6) is 0. The van der Waals surface area contributed by atoms with Crippen LogP contribution in [0, 0.1) is 0 Å². The van der Waals surface area contributed by atoms with Gasteiger partial charge in [0.25, 0.3) is 0 Å². The molecule has 7 aromatic carbocycles. The summed E-state index contributed by atoms with van der Waals surface area (Å²) in [5, 5.41) is 8.02. The second-order valence-electron chi connectivity index (χ2n) is 12.0. The van der Waals surface area contributed by atoms with Crippen LogP contribution in [0.5, 0.6) is 0 Å². The third kappa shape index (κ3) is 4.36. The predicted octanol–water partition coefficient (Wildman–Crippen LogP) is 12.4. The summed E-state index contributed by atoms with van der Waals surface area (Å²) in [5.41, 5.74) is 10.1. The van der Waals surface area contributed by atoms with Crippen LogP contribution in [0.25, 0.3) is 96.3 Å². The quantitative estimate of drug-likeness (QED) is 0.141. The van der Waals surface area contributed by atoms with E-state index in [1.165, 1.54) is 42.2 Å². The maximum Gasteiger partial charge on any atom is 0.124 e. The minimum Gasteiger partial charge on any atom is -0.256 e. The monoisotopic (exact) mass is 647 g/mol. The summed E-state index contributed by atoms with van der Waals surface area (Å²) in [6.45, 7) is 0. The Labute approximate surface area is 284 Å². The van der Waals surface area contributed by atoms with Crippen molar-refractivity contribution in [2.45, 2.75) is 0 Å². The zero-order valence-electron chi connectivity index (χ0n) is 25.6. The molecule has 5 heteroatoms. The number of hydrogen-bond acceptors (Lipinski definition) is 5. The van der Waals surface area contributed by atoms with E-state index in [1.54, 1.807) is 22.7 Å². The van der Waals surface area contributed by atoms with Gasteiger partial charge in [0.05, 0.1) is 25.9 Å². The fourth-order valence-corrected chi connectivity index (χ4v) is 8.90. The van der Waals surface area contributed by atoms with E-state index in [9.17, 15) is 0 Å². The molecule has 0 N–H and O–H groups in total. The van der Waals surface area contributed by atoms with Crippen LogP contribution >= 0.6 is 22.7 Å². The number of benzene rings is 7. The van der Waals surface area contributed by atoms with Crippen molar-refractivity contribution in [3.05, 3.63) is 152 Å². The van der Waals surface area contributed by atoms with E-state index >= 15 is 0 Å². The standard InChI is InChI=1S/C43H25N3S2/c1-2-10-31-30(9-1)39(26-17-21-28(22-18-26)42-45-35-13-5-7-15-37(35)47-42)33-25-44-34-12-4-3-11-32(34)41(33)40(31)27-19-23-29(24-20-27)43-46-36-14-6-8-16-38(36)48-43/h1-25H. The predicted molar refractivity (Wildman–Crippen MR) is 205 cm³/mol. The third-order valence-corrected chi connectivity index (χ3v) is 11.4. The number of aromatic nitrogens is 3. The van der Waals surface area contributed by atoms with Crippen LogP contribution in [0.1, 0.15) is 0 Å². The molecule has 3 aromatic heterocycles. The van der Waals surface area contributed by atoms with Crippen LogP contribution < -0.4 is 0 Å². The summed E-state index contributed by atoms with van der Waals surface area (Å²) < 4.78 is 2.41. The van der Waals surface area contributed by atoms with Crippen LogP contribution in [0.4, 0.5) is 0 Å². The van der Waals surface area contributed by atoms with Crippen molar-refractivity contribution in [2.24, 2.45) is 0 Å². The molecule has 0 atom stereocenters. The van der Waals surface area contributed by atoms with Crippen LogP contribution in [-0.2, 0) is 0 Å². The van der Waals surface area contributed by atoms with Gasteiger partial charge in [-0.1, -0.05) is 115 Å². The van der Waals surface area contributed by atoms with Crippen molar-refractivity contribution < 1.29 is 0 Å². The van der Waals surface area contributed by atoms with Gasteiger partial charge in [0.2, 0.25) is 0 Å². The first kappa shape index (κ1) is 27.4. The maximum atomic E-state index is 4.99. The van der Waals surface area contributed by atoms with E-state index in [-0.39, 0.29) is 0 Å². The lowest BCUT2D eigenvalue weighted by atomic mass is 9.85. The first-order chi connectivity index (χ1) is 23.8. The summed E-state index contributed by atoms with van der Waals surface area (Å²) in [4.78, 5) is 14.8. The van der Waals surface area contributed by atoms with Gasteiger partial charge >= 0.3 is 0 Å². The van der Waals surface area contributed by atoms with Gasteiger partial charge < -0.3 is 0 Å². The number of para-hydroxylation sites is 3. The summed E-state index contributed by atoms with van der Waals surface area (Å²) in [7, 11) is 0. The molecule has 0 radical (unpaired) electrons. The van der Waals surface area contributed by atoms with E-state index < -0.39 is 0 Å². The highest BCUT2D eigenvalue weighted by molar-refractivity contribution is 7.22. The molecule has 0 saturated carbocycles. The number of thiazole rings is 2.